The Hall–Kier alpha value is -3.00. The van der Waals surface area contributed by atoms with Gasteiger partial charge in [-0.1, -0.05) is 11.3 Å². The number of nitrogens with zero attached hydrogens (tertiary/aromatic N) is 1. The van der Waals surface area contributed by atoms with E-state index in [0.717, 1.165) is 16.0 Å². The number of hydrogen-bond acceptors (Lipinski definition) is 7. The lowest BCUT2D eigenvalue weighted by atomic mass is 10.2. The monoisotopic (exact) mass is 373 g/mol. The number of amides is 1. The molecule has 2 aromatic carbocycles. The number of fused-ring (bicyclic) bond motifs is 1. The van der Waals surface area contributed by atoms with Crippen LogP contribution in [-0.4, -0.2) is 31.7 Å². The molecular formula is C18H19N3O4S. The predicted octanol–water partition coefficient (Wildman–Crippen LogP) is 3.47. The van der Waals surface area contributed by atoms with Gasteiger partial charge in [-0.25, -0.2) is 4.98 Å². The van der Waals surface area contributed by atoms with Crippen LogP contribution in [-0.2, 0) is 0 Å². The van der Waals surface area contributed by atoms with Crippen LogP contribution in [0, 0.1) is 0 Å². The van der Waals surface area contributed by atoms with Gasteiger partial charge in [-0.3, -0.25) is 15.6 Å². The molecule has 0 saturated heterocycles. The Balaban J connectivity index is 1.72. The molecule has 3 rings (SSSR count). The number of thiazole rings is 1. The van der Waals surface area contributed by atoms with Crippen LogP contribution in [0.5, 0.6) is 17.2 Å². The molecule has 1 amide bonds. The molecule has 1 heterocycles. The van der Waals surface area contributed by atoms with Crippen molar-refractivity contribution in [2.75, 3.05) is 26.3 Å². The molecule has 8 heteroatoms. The van der Waals surface area contributed by atoms with Gasteiger partial charge in [0.2, 0.25) is 5.13 Å². The van der Waals surface area contributed by atoms with Crippen LogP contribution in [0.15, 0.2) is 36.4 Å². The summed E-state index contributed by atoms with van der Waals surface area (Å²) in [5.74, 6) is 1.50. The Morgan fingerprint density at radius 2 is 1.92 bits per heavy atom. The number of carbonyl (C=O) groups is 1. The molecular weight excluding hydrogens is 354 g/mol. The van der Waals surface area contributed by atoms with E-state index in [1.165, 1.54) is 18.4 Å². The minimum Gasteiger partial charge on any atom is -0.497 e. The van der Waals surface area contributed by atoms with Crippen molar-refractivity contribution < 1.29 is 19.0 Å². The molecule has 0 aliphatic carbocycles. The highest BCUT2D eigenvalue weighted by molar-refractivity contribution is 7.22. The van der Waals surface area contributed by atoms with Gasteiger partial charge in [0.15, 0.2) is 0 Å². The van der Waals surface area contributed by atoms with Crippen molar-refractivity contribution in [1.29, 1.82) is 0 Å². The van der Waals surface area contributed by atoms with Crippen LogP contribution in [0.2, 0.25) is 0 Å². The van der Waals surface area contributed by atoms with Crippen LogP contribution in [0.1, 0.15) is 17.3 Å². The predicted molar refractivity (Wildman–Crippen MR) is 101 cm³/mol. The lowest BCUT2D eigenvalue weighted by Crippen LogP contribution is -2.29. The van der Waals surface area contributed by atoms with Crippen molar-refractivity contribution in [2.45, 2.75) is 6.92 Å². The number of methoxy groups -OCH3 is 2. The van der Waals surface area contributed by atoms with Gasteiger partial charge in [-0.2, -0.15) is 0 Å². The summed E-state index contributed by atoms with van der Waals surface area (Å²) in [6.07, 6.45) is 0. The van der Waals surface area contributed by atoms with Crippen molar-refractivity contribution in [2.24, 2.45) is 0 Å². The molecule has 0 spiro atoms. The van der Waals surface area contributed by atoms with Gasteiger partial charge in [-0.15, -0.1) is 0 Å². The van der Waals surface area contributed by atoms with Gasteiger partial charge in [-0.05, 0) is 37.3 Å². The number of carbonyl (C=O) groups excluding carboxylic acids is 1. The van der Waals surface area contributed by atoms with E-state index < -0.39 is 0 Å². The molecule has 0 radical (unpaired) electrons. The number of hydrazine groups is 1. The highest BCUT2D eigenvalue weighted by atomic mass is 32.1. The summed E-state index contributed by atoms with van der Waals surface area (Å²) < 4.78 is 16.8. The number of ether oxygens (including phenoxy) is 3. The zero-order valence-corrected chi connectivity index (χ0v) is 15.5. The molecule has 0 bridgehead atoms. The quantitative estimate of drug-likeness (QED) is 0.617. The average Bonchev–Trinajstić information content (AvgIpc) is 3.08. The molecule has 0 unspecified atom stereocenters. The Morgan fingerprint density at radius 1 is 1.12 bits per heavy atom. The summed E-state index contributed by atoms with van der Waals surface area (Å²) in [6.45, 7) is 2.54. The fraction of sp³-hybridized carbons (Fsp3) is 0.222. The van der Waals surface area contributed by atoms with Crippen molar-refractivity contribution in [3.05, 3.63) is 42.0 Å². The summed E-state index contributed by atoms with van der Waals surface area (Å²) in [7, 11) is 3.06. The topological polar surface area (TPSA) is 81.7 Å². The number of hydrogen-bond donors (Lipinski definition) is 2. The summed E-state index contributed by atoms with van der Waals surface area (Å²) in [5, 5.41) is 0.578. The van der Waals surface area contributed by atoms with E-state index in [4.69, 9.17) is 14.2 Å². The molecule has 2 N–H and O–H groups in total. The molecule has 0 fully saturated rings. The third-order valence-electron chi connectivity index (χ3n) is 3.61. The highest BCUT2D eigenvalue weighted by Crippen LogP contribution is 2.29. The van der Waals surface area contributed by atoms with E-state index in [1.807, 2.05) is 25.1 Å². The first kappa shape index (κ1) is 17.8. The molecule has 0 aliphatic rings. The lowest BCUT2D eigenvalue weighted by molar-refractivity contribution is 0.0959. The number of anilines is 1. The summed E-state index contributed by atoms with van der Waals surface area (Å²) in [5.41, 5.74) is 6.70. The molecule has 0 saturated carbocycles. The van der Waals surface area contributed by atoms with Crippen LogP contribution in [0.3, 0.4) is 0 Å². The van der Waals surface area contributed by atoms with E-state index in [1.54, 1.807) is 25.3 Å². The van der Waals surface area contributed by atoms with Gasteiger partial charge in [0, 0.05) is 6.07 Å². The smallest absolute Gasteiger partial charge is 0.273 e. The van der Waals surface area contributed by atoms with Crippen LogP contribution in [0.4, 0.5) is 5.13 Å². The zero-order valence-electron chi connectivity index (χ0n) is 14.7. The maximum atomic E-state index is 12.4. The summed E-state index contributed by atoms with van der Waals surface area (Å²) in [6, 6.07) is 10.7. The first-order valence-corrected chi connectivity index (χ1v) is 8.78. The first-order valence-electron chi connectivity index (χ1n) is 7.96. The van der Waals surface area contributed by atoms with Crippen LogP contribution in [0.25, 0.3) is 10.2 Å². The minimum atomic E-state index is -0.334. The minimum absolute atomic E-state index is 0.334. The SMILES string of the molecule is CCOc1ccc2nc(NNC(=O)c3ccc(OC)cc3OC)sc2c1. The standard InChI is InChI=1S/C18H19N3O4S/c1-4-25-12-6-8-14-16(10-12)26-18(19-14)21-20-17(22)13-7-5-11(23-2)9-15(13)24-3/h5-10H,4H2,1-3H3,(H,19,21)(H,20,22). The van der Waals surface area contributed by atoms with Gasteiger partial charge in [0.05, 0.1) is 36.6 Å². The second kappa shape index (κ2) is 7.92. The number of nitrogens with one attached hydrogen (secondary N) is 2. The molecule has 7 nitrogen and oxygen atoms in total. The normalized spacial score (nSPS) is 10.4. The van der Waals surface area contributed by atoms with E-state index in [-0.39, 0.29) is 5.91 Å². The van der Waals surface area contributed by atoms with E-state index in [0.29, 0.717) is 28.8 Å². The van der Waals surface area contributed by atoms with Gasteiger partial charge >= 0.3 is 0 Å². The number of aromatic nitrogens is 1. The van der Waals surface area contributed by atoms with Crippen molar-refractivity contribution in [3.63, 3.8) is 0 Å². The average molecular weight is 373 g/mol. The first-order chi connectivity index (χ1) is 12.6. The van der Waals surface area contributed by atoms with Gasteiger partial charge in [0.25, 0.3) is 5.91 Å². The fourth-order valence-corrected chi connectivity index (χ4v) is 3.23. The Morgan fingerprint density at radius 3 is 2.65 bits per heavy atom. The molecule has 3 aromatic rings. The second-order valence-corrected chi connectivity index (χ2v) is 6.26. The third-order valence-corrected chi connectivity index (χ3v) is 4.54. The van der Waals surface area contributed by atoms with Gasteiger partial charge < -0.3 is 14.2 Å². The molecule has 0 atom stereocenters. The Labute approximate surface area is 154 Å². The van der Waals surface area contributed by atoms with Crippen molar-refractivity contribution in [3.8, 4) is 17.2 Å². The Bertz CT molecular complexity index is 926. The third kappa shape index (κ3) is 3.80. The van der Waals surface area contributed by atoms with Gasteiger partial charge in [0.1, 0.15) is 17.2 Å². The Kier molecular flexibility index (Phi) is 5.43. The maximum absolute atomic E-state index is 12.4. The van der Waals surface area contributed by atoms with Crippen LogP contribution >= 0.6 is 11.3 Å². The largest absolute Gasteiger partial charge is 0.497 e. The molecule has 26 heavy (non-hydrogen) atoms. The zero-order chi connectivity index (χ0) is 18.5. The van der Waals surface area contributed by atoms with E-state index in [9.17, 15) is 4.79 Å². The van der Waals surface area contributed by atoms with E-state index >= 15 is 0 Å². The van der Waals surface area contributed by atoms with Crippen molar-refractivity contribution >= 4 is 32.6 Å². The maximum Gasteiger partial charge on any atom is 0.273 e. The van der Waals surface area contributed by atoms with Crippen molar-refractivity contribution in [1.82, 2.24) is 10.4 Å². The summed E-state index contributed by atoms with van der Waals surface area (Å²) in [4.78, 5) is 16.8. The summed E-state index contributed by atoms with van der Waals surface area (Å²) >= 11 is 1.42. The molecule has 1 aromatic heterocycles. The fourth-order valence-electron chi connectivity index (χ4n) is 2.38. The second-order valence-electron chi connectivity index (χ2n) is 5.23. The van der Waals surface area contributed by atoms with E-state index in [2.05, 4.69) is 15.8 Å². The number of benzene rings is 2. The lowest BCUT2D eigenvalue weighted by Gasteiger charge is -2.10. The molecule has 136 valence electrons. The highest BCUT2D eigenvalue weighted by Gasteiger charge is 2.14. The van der Waals surface area contributed by atoms with Crippen LogP contribution < -0.4 is 25.1 Å². The molecule has 0 aliphatic heterocycles. The number of rotatable bonds is 7.